The third kappa shape index (κ3) is 3.50. The molecule has 0 saturated heterocycles. The van der Waals surface area contributed by atoms with Crippen LogP contribution in [0.25, 0.3) is 0 Å². The zero-order valence-corrected chi connectivity index (χ0v) is 13.2. The molecule has 2 aromatic rings. The molecule has 0 amide bonds. The maximum Gasteiger partial charge on any atom is 0.283 e. The van der Waals surface area contributed by atoms with Crippen molar-refractivity contribution in [3.05, 3.63) is 52.0 Å². The van der Waals surface area contributed by atoms with E-state index in [0.717, 1.165) is 17.7 Å². The second-order valence-corrected chi connectivity index (χ2v) is 6.74. The molecule has 5 heteroatoms. The minimum Gasteiger partial charge on any atom is -0.307 e. The third-order valence-corrected chi connectivity index (χ3v) is 4.95. The molecule has 1 fully saturated rings. The van der Waals surface area contributed by atoms with E-state index in [0.29, 0.717) is 10.2 Å². The van der Waals surface area contributed by atoms with Crippen LogP contribution in [0.15, 0.2) is 51.2 Å². The van der Waals surface area contributed by atoms with Crippen LogP contribution in [0.1, 0.15) is 38.1 Å². The molecule has 1 aliphatic rings. The third-order valence-electron chi connectivity index (χ3n) is 3.80. The van der Waals surface area contributed by atoms with Gasteiger partial charge in [-0.3, -0.25) is 4.79 Å². The molecule has 1 aromatic carbocycles. The molecule has 0 radical (unpaired) electrons. The Morgan fingerprint density at radius 3 is 2.57 bits per heavy atom. The van der Waals surface area contributed by atoms with Gasteiger partial charge in [0.2, 0.25) is 0 Å². The molecule has 0 bridgehead atoms. The lowest BCUT2D eigenvalue weighted by molar-refractivity contribution is 0.342. The molecule has 0 spiro atoms. The van der Waals surface area contributed by atoms with Gasteiger partial charge >= 0.3 is 0 Å². The average Bonchev–Trinajstić information content (AvgIpc) is 2.52. The maximum absolute atomic E-state index is 12.6. The number of nitrogens with zero attached hydrogens (tertiary/aromatic N) is 2. The molecule has 110 valence electrons. The van der Waals surface area contributed by atoms with E-state index in [1.807, 2.05) is 30.3 Å². The first kappa shape index (κ1) is 14.7. The van der Waals surface area contributed by atoms with Crippen molar-refractivity contribution in [1.29, 1.82) is 0 Å². The van der Waals surface area contributed by atoms with E-state index in [9.17, 15) is 4.79 Å². The molecule has 1 aromatic heterocycles. The van der Waals surface area contributed by atoms with Crippen molar-refractivity contribution >= 4 is 23.4 Å². The van der Waals surface area contributed by atoms with Gasteiger partial charge in [0.1, 0.15) is 5.15 Å². The Morgan fingerprint density at radius 2 is 1.86 bits per heavy atom. The highest BCUT2D eigenvalue weighted by Gasteiger charge is 2.19. The number of rotatable bonds is 3. The van der Waals surface area contributed by atoms with Gasteiger partial charge in [0.25, 0.3) is 5.56 Å². The van der Waals surface area contributed by atoms with Crippen LogP contribution in [0, 0.1) is 0 Å². The van der Waals surface area contributed by atoms with Gasteiger partial charge in [-0.1, -0.05) is 60.8 Å². The lowest BCUT2D eigenvalue weighted by atomic mass is 9.95. The summed E-state index contributed by atoms with van der Waals surface area (Å²) in [6.07, 6.45) is 7.41. The summed E-state index contributed by atoms with van der Waals surface area (Å²) in [5.74, 6) is 0. The Hall–Kier alpha value is -1.26. The lowest BCUT2D eigenvalue weighted by Gasteiger charge is -2.24. The first-order chi connectivity index (χ1) is 10.2. The fourth-order valence-electron chi connectivity index (χ4n) is 2.75. The van der Waals surface area contributed by atoms with E-state index in [-0.39, 0.29) is 11.6 Å². The van der Waals surface area contributed by atoms with Crippen LogP contribution in [0.2, 0.25) is 5.15 Å². The minimum absolute atomic E-state index is 0.0276. The fraction of sp³-hybridized carbons (Fsp3) is 0.375. The zero-order chi connectivity index (χ0) is 14.7. The first-order valence-electron chi connectivity index (χ1n) is 7.25. The highest BCUT2D eigenvalue weighted by molar-refractivity contribution is 7.99. The van der Waals surface area contributed by atoms with Crippen LogP contribution in [0.5, 0.6) is 0 Å². The molecule has 3 rings (SSSR count). The summed E-state index contributed by atoms with van der Waals surface area (Å²) < 4.78 is 1.79. The Bertz CT molecular complexity index is 666. The quantitative estimate of drug-likeness (QED) is 0.832. The fourth-order valence-corrected chi connectivity index (χ4v) is 3.85. The van der Waals surface area contributed by atoms with Gasteiger partial charge < -0.3 is 4.57 Å². The molecule has 3 nitrogen and oxygen atoms in total. The highest BCUT2D eigenvalue weighted by atomic mass is 35.5. The molecular formula is C16H17ClN2OS. The van der Waals surface area contributed by atoms with Crippen molar-refractivity contribution < 1.29 is 0 Å². The first-order valence-corrected chi connectivity index (χ1v) is 8.45. The molecule has 1 heterocycles. The molecule has 21 heavy (non-hydrogen) atoms. The van der Waals surface area contributed by atoms with Crippen LogP contribution >= 0.6 is 23.4 Å². The number of aromatic nitrogens is 2. The van der Waals surface area contributed by atoms with Gasteiger partial charge in [0, 0.05) is 17.1 Å². The van der Waals surface area contributed by atoms with E-state index < -0.39 is 0 Å². The molecule has 0 unspecified atom stereocenters. The summed E-state index contributed by atoms with van der Waals surface area (Å²) in [7, 11) is 0. The van der Waals surface area contributed by atoms with Crippen LogP contribution in [0.4, 0.5) is 0 Å². The van der Waals surface area contributed by atoms with Crippen molar-refractivity contribution in [3.63, 3.8) is 0 Å². The van der Waals surface area contributed by atoms with E-state index in [1.165, 1.54) is 31.0 Å². The number of hydrogen-bond donors (Lipinski definition) is 0. The van der Waals surface area contributed by atoms with Crippen LogP contribution in [0.3, 0.4) is 0 Å². The van der Waals surface area contributed by atoms with Crippen molar-refractivity contribution in [2.45, 2.75) is 48.1 Å². The van der Waals surface area contributed by atoms with Crippen molar-refractivity contribution in [1.82, 2.24) is 9.55 Å². The predicted molar refractivity (Wildman–Crippen MR) is 86.2 cm³/mol. The minimum atomic E-state index is -0.0276. The molecule has 1 aliphatic carbocycles. The largest absolute Gasteiger partial charge is 0.307 e. The van der Waals surface area contributed by atoms with Crippen LogP contribution < -0.4 is 5.56 Å². The summed E-state index contributed by atoms with van der Waals surface area (Å²) in [6, 6.07) is 10.1. The Labute approximate surface area is 133 Å². The standard InChI is InChI=1S/C16H17ClN2OS/c17-14-11-19(12-7-3-1-4-8-12)16(20)15(18-14)21-13-9-5-2-6-10-13/h2,5-6,9-12H,1,3-4,7-8H2. The van der Waals surface area contributed by atoms with E-state index >= 15 is 0 Å². The predicted octanol–water partition coefficient (Wildman–Crippen LogP) is 4.55. The van der Waals surface area contributed by atoms with Gasteiger partial charge in [-0.15, -0.1) is 0 Å². The summed E-state index contributed by atoms with van der Waals surface area (Å²) in [6.45, 7) is 0. The molecule has 0 atom stereocenters. The Balaban J connectivity index is 1.94. The number of hydrogen-bond acceptors (Lipinski definition) is 3. The Morgan fingerprint density at radius 1 is 1.14 bits per heavy atom. The van der Waals surface area contributed by atoms with Crippen LogP contribution in [-0.2, 0) is 0 Å². The summed E-state index contributed by atoms with van der Waals surface area (Å²) >= 11 is 7.50. The molecule has 0 aliphatic heterocycles. The van der Waals surface area contributed by atoms with Gasteiger partial charge in [-0.05, 0) is 25.0 Å². The second kappa shape index (κ2) is 6.67. The smallest absolute Gasteiger partial charge is 0.283 e. The van der Waals surface area contributed by atoms with Gasteiger partial charge in [-0.2, -0.15) is 0 Å². The molecule has 1 saturated carbocycles. The van der Waals surface area contributed by atoms with Gasteiger partial charge in [0.15, 0.2) is 5.03 Å². The summed E-state index contributed by atoms with van der Waals surface area (Å²) in [4.78, 5) is 17.9. The highest BCUT2D eigenvalue weighted by Crippen LogP contribution is 2.29. The van der Waals surface area contributed by atoms with Crippen molar-refractivity contribution in [2.24, 2.45) is 0 Å². The zero-order valence-electron chi connectivity index (χ0n) is 11.7. The van der Waals surface area contributed by atoms with Crippen molar-refractivity contribution in [3.8, 4) is 0 Å². The average molecular weight is 321 g/mol. The SMILES string of the molecule is O=c1c(Sc2ccccc2)nc(Cl)cn1C1CCCCC1. The van der Waals surface area contributed by atoms with E-state index in [4.69, 9.17) is 11.6 Å². The van der Waals surface area contributed by atoms with Gasteiger partial charge in [-0.25, -0.2) is 4.98 Å². The molecular weight excluding hydrogens is 304 g/mol. The Kier molecular flexibility index (Phi) is 4.66. The summed E-state index contributed by atoms with van der Waals surface area (Å²) in [5, 5.41) is 0.845. The topological polar surface area (TPSA) is 34.9 Å². The number of halogens is 1. The van der Waals surface area contributed by atoms with Crippen molar-refractivity contribution in [2.75, 3.05) is 0 Å². The molecule has 0 N–H and O–H groups in total. The van der Waals surface area contributed by atoms with E-state index in [1.54, 1.807) is 10.8 Å². The van der Waals surface area contributed by atoms with Gasteiger partial charge in [0.05, 0.1) is 0 Å². The number of benzene rings is 1. The van der Waals surface area contributed by atoms with E-state index in [2.05, 4.69) is 4.98 Å². The van der Waals surface area contributed by atoms with Crippen LogP contribution in [-0.4, -0.2) is 9.55 Å². The normalized spacial score (nSPS) is 16.0. The monoisotopic (exact) mass is 320 g/mol. The lowest BCUT2D eigenvalue weighted by Crippen LogP contribution is -2.28. The summed E-state index contributed by atoms with van der Waals surface area (Å²) in [5.41, 5.74) is -0.0276. The second-order valence-electron chi connectivity index (χ2n) is 5.29. The maximum atomic E-state index is 12.6.